The van der Waals surface area contributed by atoms with Crippen molar-refractivity contribution in [3.05, 3.63) is 35.3 Å². The Morgan fingerprint density at radius 3 is 2.70 bits per heavy atom. The average Bonchev–Trinajstić information content (AvgIpc) is 3.72. The van der Waals surface area contributed by atoms with Crippen LogP contribution in [-0.2, 0) is 43.9 Å². The highest BCUT2D eigenvalue weighted by Gasteiger charge is 2.52. The SMILES string of the molecule is Nc1nc2c(ncn2[C@@H]2O[C@@H]3COP(O)(=S)O[C@H]4C[C@H](n5ccc6c(N)ncnc65)O[C@@H]4COP(=O)(S)O[C@@H]2[C@@H]3F)c(=O)[nH]1. The van der Waals surface area contributed by atoms with E-state index < -0.39 is 75.3 Å². The number of imidazole rings is 1. The number of nitrogens with zero attached hydrogens (tertiary/aromatic N) is 6. The number of hydrogen-bond acceptors (Lipinski definition) is 15. The van der Waals surface area contributed by atoms with E-state index in [4.69, 9.17) is 50.8 Å². The van der Waals surface area contributed by atoms with Crippen molar-refractivity contribution in [2.24, 2.45) is 0 Å². The summed E-state index contributed by atoms with van der Waals surface area (Å²) in [6, 6.07) is 1.72. The number of halogens is 1. The molecule has 0 amide bonds. The van der Waals surface area contributed by atoms with E-state index in [0.29, 0.717) is 11.0 Å². The van der Waals surface area contributed by atoms with E-state index in [1.165, 1.54) is 10.9 Å². The van der Waals surface area contributed by atoms with E-state index in [1.807, 2.05) is 0 Å². The molecule has 18 nitrogen and oxygen atoms in total. The Bertz CT molecular complexity index is 1910. The summed E-state index contributed by atoms with van der Waals surface area (Å²) >= 11 is 9.32. The first-order valence-corrected chi connectivity index (χ1v) is 18.2. The summed E-state index contributed by atoms with van der Waals surface area (Å²) < 4.78 is 66.7. The lowest BCUT2D eigenvalue weighted by Crippen LogP contribution is -2.32. The molecule has 3 saturated heterocycles. The first kappa shape index (κ1) is 30.1. The fourth-order valence-electron chi connectivity index (χ4n) is 5.37. The molecule has 2 bridgehead atoms. The van der Waals surface area contributed by atoms with Crippen LogP contribution in [0.5, 0.6) is 0 Å². The normalized spacial score (nSPS) is 36.6. The van der Waals surface area contributed by atoms with Crippen LogP contribution in [0.1, 0.15) is 18.9 Å². The average molecular weight is 692 g/mol. The van der Waals surface area contributed by atoms with Gasteiger partial charge in [0.15, 0.2) is 23.6 Å². The van der Waals surface area contributed by atoms with Crippen molar-refractivity contribution < 1.29 is 41.4 Å². The number of alkyl halides is 1. The minimum absolute atomic E-state index is 0.0527. The van der Waals surface area contributed by atoms with Gasteiger partial charge in [0.1, 0.15) is 42.3 Å². The van der Waals surface area contributed by atoms with Crippen LogP contribution in [-0.4, -0.2) is 82.7 Å². The number of aromatic amines is 1. The van der Waals surface area contributed by atoms with Gasteiger partial charge >= 0.3 is 13.5 Å². The summed E-state index contributed by atoms with van der Waals surface area (Å²) in [5.41, 5.74) is 11.3. The molecule has 9 atom stereocenters. The summed E-state index contributed by atoms with van der Waals surface area (Å²) in [6.45, 7) is -9.36. The number of H-pyrrole nitrogens is 1. The van der Waals surface area contributed by atoms with Crippen molar-refractivity contribution in [1.29, 1.82) is 0 Å². The molecule has 3 aliphatic heterocycles. The largest absolute Gasteiger partial charge is 0.386 e. The Labute approximate surface area is 256 Å². The summed E-state index contributed by atoms with van der Waals surface area (Å²) in [6.07, 6.45) is -4.69. The van der Waals surface area contributed by atoms with Crippen LogP contribution in [0.4, 0.5) is 16.2 Å². The maximum atomic E-state index is 15.8. The van der Waals surface area contributed by atoms with E-state index in [0.717, 1.165) is 6.33 Å². The topological polar surface area (TPSA) is 239 Å². The molecule has 4 aromatic rings. The number of ether oxygens (including phenoxy) is 2. The molecule has 0 saturated carbocycles. The Hall–Kier alpha value is -2.55. The molecule has 2 unspecified atom stereocenters. The van der Waals surface area contributed by atoms with E-state index in [2.05, 4.69) is 37.2 Å². The lowest BCUT2D eigenvalue weighted by Gasteiger charge is -2.26. The number of thiol groups is 1. The maximum absolute atomic E-state index is 15.8. The molecule has 7 rings (SSSR count). The van der Waals surface area contributed by atoms with Crippen LogP contribution in [0.3, 0.4) is 0 Å². The number of nitrogens with two attached hydrogens (primary N) is 2. The summed E-state index contributed by atoms with van der Waals surface area (Å²) in [5.74, 6) is 0.0467. The molecule has 3 fully saturated rings. The number of aromatic nitrogens is 7. The van der Waals surface area contributed by atoms with Crippen molar-refractivity contribution in [3.8, 4) is 0 Å². The highest BCUT2D eigenvalue weighted by atomic mass is 32.7. The second-order valence-corrected chi connectivity index (χ2v) is 15.8. The second-order valence-electron chi connectivity index (χ2n) is 10.1. The van der Waals surface area contributed by atoms with E-state index in [-0.39, 0.29) is 29.4 Å². The number of nitrogens with one attached hydrogen (secondary N) is 1. The van der Waals surface area contributed by atoms with Gasteiger partial charge in [-0.25, -0.2) is 23.9 Å². The van der Waals surface area contributed by atoms with Gasteiger partial charge in [-0.15, -0.1) is 0 Å². The highest BCUT2D eigenvalue weighted by molar-refractivity contribution is 8.44. The van der Waals surface area contributed by atoms with Crippen LogP contribution in [0.2, 0.25) is 0 Å². The van der Waals surface area contributed by atoms with Crippen LogP contribution in [0.15, 0.2) is 29.7 Å². The van der Waals surface area contributed by atoms with E-state index in [9.17, 15) is 14.3 Å². The molecular weight excluding hydrogens is 667 g/mol. The van der Waals surface area contributed by atoms with Crippen molar-refractivity contribution in [2.75, 3.05) is 24.7 Å². The zero-order chi connectivity index (χ0) is 31.0. The molecule has 0 aliphatic carbocycles. The van der Waals surface area contributed by atoms with Crippen molar-refractivity contribution >= 4 is 71.5 Å². The summed E-state index contributed by atoms with van der Waals surface area (Å²) in [7, 11) is 0. The van der Waals surface area contributed by atoms with E-state index >= 15 is 4.39 Å². The second kappa shape index (κ2) is 11.1. The van der Waals surface area contributed by atoms with Crippen LogP contribution >= 0.6 is 25.8 Å². The first-order chi connectivity index (χ1) is 20.9. The van der Waals surface area contributed by atoms with E-state index in [1.54, 1.807) is 16.8 Å². The third kappa shape index (κ3) is 5.45. The lowest BCUT2D eigenvalue weighted by molar-refractivity contribution is -0.0576. The van der Waals surface area contributed by atoms with Crippen LogP contribution in [0.25, 0.3) is 22.2 Å². The fourth-order valence-corrected chi connectivity index (χ4v) is 8.30. The monoisotopic (exact) mass is 691 g/mol. The first-order valence-electron chi connectivity index (χ1n) is 12.9. The summed E-state index contributed by atoms with van der Waals surface area (Å²) in [5, 5.41) is 0.596. The number of nitrogen functional groups attached to an aromatic ring is 2. The molecule has 0 radical (unpaired) electrons. The van der Waals surface area contributed by atoms with Gasteiger partial charge in [-0.1, -0.05) is 12.2 Å². The van der Waals surface area contributed by atoms with Crippen molar-refractivity contribution in [3.63, 3.8) is 0 Å². The van der Waals surface area contributed by atoms with Gasteiger partial charge in [0.25, 0.3) is 5.56 Å². The molecule has 6 N–H and O–H groups in total. The Kier molecular flexibility index (Phi) is 7.57. The predicted octanol–water partition coefficient (Wildman–Crippen LogP) is 1.32. The molecule has 7 heterocycles. The van der Waals surface area contributed by atoms with Gasteiger partial charge < -0.3 is 39.4 Å². The quantitative estimate of drug-likeness (QED) is 0.147. The Morgan fingerprint density at radius 1 is 1.09 bits per heavy atom. The molecule has 236 valence electrons. The van der Waals surface area contributed by atoms with Crippen molar-refractivity contribution in [1.82, 2.24) is 34.1 Å². The lowest BCUT2D eigenvalue weighted by atomic mass is 10.1. The van der Waals surface area contributed by atoms with Gasteiger partial charge in [-0.2, -0.15) is 4.98 Å². The van der Waals surface area contributed by atoms with Crippen LogP contribution in [0, 0.1) is 0 Å². The highest BCUT2D eigenvalue weighted by Crippen LogP contribution is 2.58. The van der Waals surface area contributed by atoms with Gasteiger partial charge in [0.05, 0.1) is 31.0 Å². The fraction of sp³-hybridized carbons (Fsp3) is 0.476. The van der Waals surface area contributed by atoms with Crippen molar-refractivity contribution in [2.45, 2.75) is 49.5 Å². The molecule has 23 heteroatoms. The zero-order valence-electron chi connectivity index (χ0n) is 22.2. The Morgan fingerprint density at radius 2 is 1.89 bits per heavy atom. The van der Waals surface area contributed by atoms with Gasteiger partial charge in [0.2, 0.25) is 5.95 Å². The third-order valence-electron chi connectivity index (χ3n) is 7.35. The third-order valence-corrected chi connectivity index (χ3v) is 10.5. The van der Waals surface area contributed by atoms with Crippen LogP contribution < -0.4 is 17.0 Å². The number of fused-ring (bicyclic) bond motifs is 5. The molecular formula is C21H24FN9O9P2S2. The molecule has 3 aliphatic rings. The smallest absolute Gasteiger partial charge is 0.383 e. The number of anilines is 2. The molecule has 44 heavy (non-hydrogen) atoms. The number of hydrogen-bond donors (Lipinski definition) is 5. The van der Waals surface area contributed by atoms with Gasteiger partial charge in [-0.3, -0.25) is 23.4 Å². The molecule has 0 spiro atoms. The maximum Gasteiger partial charge on any atom is 0.386 e. The number of rotatable bonds is 2. The molecule has 0 aromatic carbocycles. The van der Waals surface area contributed by atoms with Gasteiger partial charge in [-0.05, 0) is 17.9 Å². The van der Waals surface area contributed by atoms with Gasteiger partial charge in [0, 0.05) is 12.6 Å². The molecule has 4 aromatic heterocycles. The standard InChI is InChI=1S/C21H24FN9O9P2S2/c22-13-11-5-36-41(33,43)39-9-3-12(30-2-1-8-16(23)25-6-26-17(8)30)37-10(9)4-35-42(34,44)40-15(13)20(38-11)31-7-27-14-18(31)28-21(24)29-19(14)32/h1-2,6-7,9-13,15,20H,3-5H2,(H,33,43)(H,34,44)(H2,23,25,26)(H3,24,28,29,32)/t9-,10+,11+,12+,13+,15+,20+,41?,42?/m0/s1. The zero-order valence-corrected chi connectivity index (χ0v) is 25.7. The summed E-state index contributed by atoms with van der Waals surface area (Å²) in [4.78, 5) is 41.9. The predicted molar refractivity (Wildman–Crippen MR) is 157 cm³/mol. The Balaban J connectivity index is 1.19. The minimum Gasteiger partial charge on any atom is -0.383 e. The minimum atomic E-state index is -4.33.